The molecular weight excluding hydrogens is 1700 g/mol. The zero-order valence-corrected chi connectivity index (χ0v) is 74.5. The van der Waals surface area contributed by atoms with Crippen LogP contribution in [-0.2, 0) is 0 Å². The third kappa shape index (κ3) is 57.9. The zero-order valence-electron chi connectivity index (χ0n) is 59.2. The quantitative estimate of drug-likeness (QED) is 0.0386. The number of aryl methyl sites for hydroxylation is 2. The Morgan fingerprint density at radius 2 is 0.444 bits per heavy atom. The predicted octanol–water partition coefficient (Wildman–Crippen LogP) is 4.69. The van der Waals surface area contributed by atoms with Crippen LogP contribution in [0.1, 0.15) is 59.1 Å². The summed E-state index contributed by atoms with van der Waals surface area (Å²) in [6.07, 6.45) is 4.30. The van der Waals surface area contributed by atoms with E-state index in [1.165, 1.54) is 11.1 Å². The summed E-state index contributed by atoms with van der Waals surface area (Å²) in [5, 5.41) is 0. The Hall–Kier alpha value is -1.50. The van der Waals surface area contributed by atoms with E-state index in [1.807, 2.05) is 72.8 Å². The van der Waals surface area contributed by atoms with Crippen molar-refractivity contribution in [3.8, 4) is 0 Å². The van der Waals surface area contributed by atoms with Crippen LogP contribution in [0, 0.1) is 93.7 Å². The van der Waals surface area contributed by atoms with E-state index < -0.39 is 32.9 Å². The average molecular weight is 1820 g/mol. The fourth-order valence-electron chi connectivity index (χ4n) is 7.31. The van der Waals surface area contributed by atoms with Crippen molar-refractivity contribution in [3.05, 3.63) is 199 Å². The van der Waals surface area contributed by atoms with Crippen LogP contribution in [0.4, 0.5) is 0 Å². The third-order valence-corrected chi connectivity index (χ3v) is 14.7. The standard InChI is InChI=1S/4C15H26N3Si.C8H10.4ClH.2Th/c4*1-18(2)13-9-12-16-15(17-19(3,4)5)14-10-7-6-8-11-14;1-7-3-5-8(2)6-4-7;;;;;;/h4*6-8,10-11H,9,12-13H2,1-5H3;3-6H,1-2H3;4*1H;;/q4*-1;;;;;;2*+4/p-4. The van der Waals surface area contributed by atoms with E-state index in [1.54, 1.807) is 0 Å². The van der Waals surface area contributed by atoms with Crippen molar-refractivity contribution < 1.29 is 130 Å². The maximum atomic E-state index is 4.87. The van der Waals surface area contributed by atoms with Crippen molar-refractivity contribution in [2.45, 2.75) is 118 Å². The molecule has 90 heavy (non-hydrogen) atoms. The summed E-state index contributed by atoms with van der Waals surface area (Å²) < 4.78 is 0. The molecule has 0 saturated heterocycles. The van der Waals surface area contributed by atoms with E-state index in [0.29, 0.717) is 0 Å². The van der Waals surface area contributed by atoms with Crippen molar-refractivity contribution in [1.82, 2.24) is 19.6 Å². The summed E-state index contributed by atoms with van der Waals surface area (Å²) in [4.78, 5) is 47.1. The smallest absolute Gasteiger partial charge is 1.00 e. The molecule has 0 heterocycles. The molecule has 0 aliphatic rings. The van der Waals surface area contributed by atoms with E-state index in [0.717, 1.165) is 124 Å². The summed E-state index contributed by atoms with van der Waals surface area (Å²) >= 11 is 0. The fourth-order valence-corrected chi connectivity index (χ4v) is 10.6. The largest absolute Gasteiger partial charge is 4.00 e. The molecule has 0 aliphatic carbocycles. The molecular formula is C68H114Cl4N12Si4Th2. The SMILES string of the molecule is CN(C)CCCN=C([N-][Si](C)(C)C)c1ccccc1.CN(C)CCCN=C([N-][Si](C)(C)C)c1ccccc1.CN(C)CCCN=C([N-][Si](C)(C)C)c1ccccc1.CN(C)CCCN=C([N-][Si](C)(C)C)c1ccccc1.Cc1ccc(C)cc1.[Cl-].[Cl-].[Cl-].[Cl-].[Th+4].[Th+4]. The molecule has 0 aliphatic heterocycles. The van der Waals surface area contributed by atoms with Gasteiger partial charge in [-0.1, -0.05) is 259 Å². The van der Waals surface area contributed by atoms with Gasteiger partial charge in [-0.05, 0) is 171 Å². The Bertz CT molecular complexity index is 2260. The number of amidine groups is 4. The van der Waals surface area contributed by atoms with Crippen molar-refractivity contribution in [3.63, 3.8) is 0 Å². The molecule has 0 N–H and O–H groups in total. The van der Waals surface area contributed by atoms with Crippen molar-refractivity contribution in [2.75, 3.05) is 109 Å². The van der Waals surface area contributed by atoms with Crippen LogP contribution in [0.3, 0.4) is 0 Å². The first kappa shape index (κ1) is 99.5. The van der Waals surface area contributed by atoms with Gasteiger partial charge < -0.3 is 109 Å². The van der Waals surface area contributed by atoms with Crippen molar-refractivity contribution in [1.29, 1.82) is 0 Å². The summed E-state index contributed by atoms with van der Waals surface area (Å²) in [7, 11) is 10.7. The molecule has 5 aromatic carbocycles. The second kappa shape index (κ2) is 55.6. The van der Waals surface area contributed by atoms with Crippen LogP contribution in [0.15, 0.2) is 166 Å². The van der Waals surface area contributed by atoms with E-state index >= 15 is 0 Å². The Kier molecular flexibility index (Phi) is 61.5. The van der Waals surface area contributed by atoms with Gasteiger partial charge in [0, 0.05) is 32.9 Å². The number of hydrogen-bond donors (Lipinski definition) is 0. The predicted molar refractivity (Wildman–Crippen MR) is 387 cm³/mol. The van der Waals surface area contributed by atoms with Crippen LogP contribution >= 0.6 is 0 Å². The van der Waals surface area contributed by atoms with Crippen molar-refractivity contribution in [2.24, 2.45) is 20.0 Å². The number of aliphatic imine (C=N–C) groups is 4. The van der Waals surface area contributed by atoms with E-state index in [4.69, 9.17) is 39.9 Å². The molecule has 0 fully saturated rings. The number of nitrogens with zero attached hydrogens (tertiary/aromatic N) is 12. The minimum Gasteiger partial charge on any atom is -1.00 e. The first-order valence-electron chi connectivity index (χ1n) is 30.3. The Morgan fingerprint density at radius 3 is 0.578 bits per heavy atom. The monoisotopic (exact) mass is 1810 g/mol. The molecule has 0 bridgehead atoms. The molecule has 0 aromatic heterocycles. The summed E-state index contributed by atoms with van der Waals surface area (Å²) in [6.45, 7) is 38.7. The molecule has 5 rings (SSSR count). The van der Waals surface area contributed by atoms with Gasteiger partial charge in [0.25, 0.3) is 0 Å². The topological polar surface area (TPSA) is 119 Å². The zero-order chi connectivity index (χ0) is 63.2. The van der Waals surface area contributed by atoms with Gasteiger partial charge in [0.1, 0.15) is 0 Å². The van der Waals surface area contributed by atoms with Gasteiger partial charge in [-0.3, -0.25) is 0 Å². The van der Waals surface area contributed by atoms with Crippen LogP contribution < -0.4 is 49.6 Å². The summed E-state index contributed by atoms with van der Waals surface area (Å²) in [6, 6.07) is 49.7. The van der Waals surface area contributed by atoms with Crippen LogP contribution in [-0.4, -0.2) is 185 Å². The Labute approximate surface area is 643 Å². The molecule has 498 valence electrons. The molecule has 0 amide bonds. The Morgan fingerprint density at radius 1 is 0.289 bits per heavy atom. The molecule has 12 nitrogen and oxygen atoms in total. The van der Waals surface area contributed by atoms with Gasteiger partial charge in [0.15, 0.2) is 0 Å². The second-order valence-corrected chi connectivity index (χ2v) is 44.5. The molecule has 5 aromatic rings. The number of benzene rings is 5. The first-order valence-corrected chi connectivity index (χ1v) is 44.0. The van der Waals surface area contributed by atoms with E-state index in [2.05, 4.69) is 241 Å². The maximum absolute atomic E-state index is 4.87. The molecule has 0 saturated carbocycles. The van der Waals surface area contributed by atoms with Gasteiger partial charge in [-0.25, -0.2) is 0 Å². The van der Waals surface area contributed by atoms with Crippen LogP contribution in [0.5, 0.6) is 0 Å². The minimum atomic E-state index is -1.50. The van der Waals surface area contributed by atoms with Crippen LogP contribution in [0.25, 0.3) is 19.9 Å². The van der Waals surface area contributed by atoms with E-state index in [9.17, 15) is 0 Å². The van der Waals surface area contributed by atoms with Gasteiger partial charge in [-0.2, -0.15) is 0 Å². The molecule has 0 radical (unpaired) electrons. The average Bonchev–Trinajstić information content (AvgIpc) is 3.64. The van der Waals surface area contributed by atoms with Gasteiger partial charge >= 0.3 is 79.9 Å². The van der Waals surface area contributed by atoms with Gasteiger partial charge in [0.05, 0.1) is 0 Å². The number of halogens is 4. The fraction of sp³-hybridized carbons (Fsp3) is 0.500. The van der Waals surface area contributed by atoms with Crippen LogP contribution in [0.2, 0.25) is 78.6 Å². The molecule has 0 spiro atoms. The molecule has 0 unspecified atom stereocenters. The number of hydrogen-bond acceptors (Lipinski definition) is 8. The normalized spacial score (nSPS) is 11.7. The van der Waals surface area contributed by atoms with Gasteiger partial charge in [0.2, 0.25) is 0 Å². The Balaban J connectivity index is -0.000000245. The number of rotatable bonds is 24. The van der Waals surface area contributed by atoms with E-state index in [-0.39, 0.29) is 130 Å². The first-order chi connectivity index (χ1) is 39.3. The second-order valence-electron chi connectivity index (χ2n) is 26.2. The molecule has 22 heteroatoms. The minimum absolute atomic E-state index is 0. The molecule has 0 atom stereocenters. The van der Waals surface area contributed by atoms with Crippen molar-refractivity contribution >= 4 is 56.3 Å². The van der Waals surface area contributed by atoms with Gasteiger partial charge in [-0.15, -0.1) is 0 Å². The summed E-state index contributed by atoms with van der Waals surface area (Å²) in [5.74, 6) is 3.72. The summed E-state index contributed by atoms with van der Waals surface area (Å²) in [5.41, 5.74) is 7.19. The maximum Gasteiger partial charge on any atom is 4.00 e. The third-order valence-electron chi connectivity index (χ3n) is 11.2.